The average molecular weight is 358 g/mol. The summed E-state index contributed by atoms with van der Waals surface area (Å²) in [7, 11) is 0. The second kappa shape index (κ2) is 6.65. The molecule has 1 amide bonds. The van der Waals surface area contributed by atoms with Gasteiger partial charge >= 0.3 is 0 Å². The van der Waals surface area contributed by atoms with E-state index in [2.05, 4.69) is 33.3 Å². The van der Waals surface area contributed by atoms with Crippen molar-refractivity contribution in [2.45, 2.75) is 19.8 Å². The molecule has 1 fully saturated rings. The lowest BCUT2D eigenvalue weighted by Gasteiger charge is -2.10. The largest absolute Gasteiger partial charge is 0.383 e. The Morgan fingerprint density at radius 3 is 3.00 bits per heavy atom. The number of nitrogens with zero attached hydrogens (tertiary/aromatic N) is 4. The van der Waals surface area contributed by atoms with Crippen molar-refractivity contribution in [2.75, 3.05) is 11.1 Å². The third-order valence-corrected chi connectivity index (χ3v) is 4.86. The highest BCUT2D eigenvalue weighted by atomic mass is 16.2. The molecule has 0 spiro atoms. The maximum Gasteiger partial charge on any atom is 0.230 e. The van der Waals surface area contributed by atoms with Gasteiger partial charge in [-0.05, 0) is 42.0 Å². The summed E-state index contributed by atoms with van der Waals surface area (Å²) in [6.45, 7) is 2.08. The molecule has 1 aliphatic carbocycles. The zero-order valence-corrected chi connectivity index (χ0v) is 14.8. The fourth-order valence-electron chi connectivity index (χ4n) is 3.19. The molecule has 7 nitrogen and oxygen atoms in total. The van der Waals surface area contributed by atoms with Crippen molar-refractivity contribution in [2.24, 2.45) is 11.8 Å². The van der Waals surface area contributed by atoms with Gasteiger partial charge in [-0.2, -0.15) is 5.26 Å². The summed E-state index contributed by atoms with van der Waals surface area (Å²) in [6, 6.07) is 7.79. The van der Waals surface area contributed by atoms with E-state index in [1.165, 1.54) is 0 Å². The van der Waals surface area contributed by atoms with Crippen molar-refractivity contribution in [3.8, 4) is 17.3 Å². The smallest absolute Gasteiger partial charge is 0.230 e. The predicted molar refractivity (Wildman–Crippen MR) is 102 cm³/mol. The third-order valence-electron chi connectivity index (χ3n) is 4.86. The van der Waals surface area contributed by atoms with Gasteiger partial charge in [0.15, 0.2) is 0 Å². The molecule has 27 heavy (non-hydrogen) atoms. The number of amides is 1. The second-order valence-electron chi connectivity index (χ2n) is 6.64. The molecule has 0 unspecified atom stereocenters. The van der Waals surface area contributed by atoms with E-state index in [0.717, 1.165) is 34.0 Å². The Morgan fingerprint density at radius 2 is 2.26 bits per heavy atom. The first-order valence-corrected chi connectivity index (χ1v) is 8.80. The van der Waals surface area contributed by atoms with E-state index in [1.807, 2.05) is 12.1 Å². The van der Waals surface area contributed by atoms with Crippen molar-refractivity contribution >= 4 is 28.3 Å². The van der Waals surface area contributed by atoms with Crippen LogP contribution in [0.4, 0.5) is 11.6 Å². The molecule has 134 valence electrons. The molecule has 1 saturated carbocycles. The van der Waals surface area contributed by atoms with E-state index in [4.69, 9.17) is 11.0 Å². The molecule has 3 N–H and O–H groups in total. The molecule has 0 saturated heterocycles. The van der Waals surface area contributed by atoms with Crippen LogP contribution in [0.1, 0.15) is 18.9 Å². The minimum absolute atomic E-state index is 0.170. The second-order valence-corrected chi connectivity index (χ2v) is 6.64. The summed E-state index contributed by atoms with van der Waals surface area (Å²) in [4.78, 5) is 25.1. The fraction of sp³-hybridized carbons (Fsp3) is 0.250. The van der Waals surface area contributed by atoms with Crippen molar-refractivity contribution in [1.29, 1.82) is 5.26 Å². The number of anilines is 2. The SMILES string of the molecule is CCc1ccncc1-c1cc2cc(NC(=O)[C@H]3C[C@@H]3C#N)ncc2c(N)n1. The number of nitrogens with two attached hydrogens (primary N) is 1. The number of carbonyl (C=O) groups excluding carboxylic acids is 1. The van der Waals surface area contributed by atoms with Crippen LogP contribution in [0.2, 0.25) is 0 Å². The highest BCUT2D eigenvalue weighted by Crippen LogP contribution is 2.38. The van der Waals surface area contributed by atoms with E-state index >= 15 is 0 Å². The Labute approximate surface area is 156 Å². The molecule has 1 aliphatic rings. The number of hydrogen-bond acceptors (Lipinski definition) is 6. The van der Waals surface area contributed by atoms with Crippen LogP contribution >= 0.6 is 0 Å². The minimum atomic E-state index is -0.243. The molecule has 3 heterocycles. The lowest BCUT2D eigenvalue weighted by atomic mass is 10.0. The molecule has 0 radical (unpaired) electrons. The predicted octanol–water partition coefficient (Wildman–Crippen LogP) is 2.93. The van der Waals surface area contributed by atoms with Crippen LogP contribution in [-0.2, 0) is 11.2 Å². The minimum Gasteiger partial charge on any atom is -0.383 e. The van der Waals surface area contributed by atoms with Gasteiger partial charge in [0.1, 0.15) is 11.6 Å². The number of rotatable bonds is 4. The summed E-state index contributed by atoms with van der Waals surface area (Å²) in [5.74, 6) is 0.222. The van der Waals surface area contributed by atoms with Gasteiger partial charge in [0.25, 0.3) is 0 Å². The molecule has 3 aromatic rings. The van der Waals surface area contributed by atoms with Gasteiger partial charge in [0.2, 0.25) is 5.91 Å². The number of hydrogen-bond donors (Lipinski definition) is 2. The molecule has 0 aliphatic heterocycles. The monoisotopic (exact) mass is 358 g/mol. The van der Waals surface area contributed by atoms with E-state index in [1.54, 1.807) is 24.7 Å². The Kier molecular flexibility index (Phi) is 4.16. The molecule has 4 rings (SSSR count). The van der Waals surface area contributed by atoms with Crippen molar-refractivity contribution < 1.29 is 4.79 Å². The number of nitrogen functional groups attached to an aromatic ring is 1. The van der Waals surface area contributed by atoms with Crippen LogP contribution < -0.4 is 11.1 Å². The maximum absolute atomic E-state index is 12.2. The molecular formula is C20H18N6O. The quantitative estimate of drug-likeness (QED) is 0.740. The van der Waals surface area contributed by atoms with Crippen molar-refractivity contribution in [3.05, 3.63) is 42.4 Å². The van der Waals surface area contributed by atoms with Crippen LogP contribution in [0.15, 0.2) is 36.8 Å². The Bertz CT molecular complexity index is 1090. The lowest BCUT2D eigenvalue weighted by molar-refractivity contribution is -0.117. The molecule has 7 heteroatoms. The zero-order chi connectivity index (χ0) is 19.0. The number of carbonyl (C=O) groups is 1. The number of aryl methyl sites for hydroxylation is 1. The van der Waals surface area contributed by atoms with Gasteiger partial charge in [0.05, 0.1) is 23.6 Å². The topological polar surface area (TPSA) is 118 Å². The van der Waals surface area contributed by atoms with Crippen molar-refractivity contribution in [3.63, 3.8) is 0 Å². The summed E-state index contributed by atoms with van der Waals surface area (Å²) >= 11 is 0. The number of nitriles is 1. The summed E-state index contributed by atoms with van der Waals surface area (Å²) in [5, 5.41) is 13.2. The highest BCUT2D eigenvalue weighted by molar-refractivity contribution is 5.98. The molecular weight excluding hydrogens is 340 g/mol. The van der Waals surface area contributed by atoms with Gasteiger partial charge in [-0.1, -0.05) is 6.92 Å². The Balaban J connectivity index is 1.70. The average Bonchev–Trinajstić information content (AvgIpc) is 3.47. The number of aromatic nitrogens is 3. The summed E-state index contributed by atoms with van der Waals surface area (Å²) in [5.41, 5.74) is 8.94. The van der Waals surface area contributed by atoms with E-state index in [9.17, 15) is 4.79 Å². The standard InChI is InChI=1S/C20H18N6O/c1-2-11-3-4-23-9-15(11)17-6-12-7-18(24-10-16(12)19(22)25-17)26-20(27)14-5-13(14)8-21/h3-4,6-7,9-10,13-14H,2,5H2,1H3,(H2,22,25)(H,24,26,27)/t13-,14+/m1/s1. The summed E-state index contributed by atoms with van der Waals surface area (Å²) < 4.78 is 0. The first-order valence-electron chi connectivity index (χ1n) is 8.80. The van der Waals surface area contributed by atoms with Crippen LogP contribution in [0.5, 0.6) is 0 Å². The van der Waals surface area contributed by atoms with E-state index < -0.39 is 0 Å². The van der Waals surface area contributed by atoms with Crippen LogP contribution in [0.25, 0.3) is 22.0 Å². The van der Waals surface area contributed by atoms with Gasteiger partial charge in [-0.3, -0.25) is 9.78 Å². The third kappa shape index (κ3) is 3.17. The number of fused-ring (bicyclic) bond motifs is 1. The maximum atomic E-state index is 12.2. The Morgan fingerprint density at radius 1 is 1.41 bits per heavy atom. The number of pyridine rings is 3. The molecule has 2 atom stereocenters. The van der Waals surface area contributed by atoms with Gasteiger partial charge in [-0.15, -0.1) is 0 Å². The van der Waals surface area contributed by atoms with Gasteiger partial charge in [0, 0.05) is 29.5 Å². The molecule has 0 bridgehead atoms. The first-order chi connectivity index (χ1) is 13.1. The lowest BCUT2D eigenvalue weighted by Crippen LogP contribution is -2.15. The number of nitrogens with one attached hydrogen (secondary N) is 1. The van der Waals surface area contributed by atoms with E-state index in [0.29, 0.717) is 18.1 Å². The van der Waals surface area contributed by atoms with Crippen molar-refractivity contribution in [1.82, 2.24) is 15.0 Å². The Hall–Kier alpha value is -3.53. The van der Waals surface area contributed by atoms with E-state index in [-0.39, 0.29) is 17.7 Å². The normalized spacial score (nSPS) is 18.1. The van der Waals surface area contributed by atoms with Gasteiger partial charge in [-0.25, -0.2) is 9.97 Å². The zero-order valence-electron chi connectivity index (χ0n) is 14.8. The molecule has 3 aromatic heterocycles. The fourth-order valence-corrected chi connectivity index (χ4v) is 3.19. The van der Waals surface area contributed by atoms with Crippen LogP contribution in [-0.4, -0.2) is 20.9 Å². The van der Waals surface area contributed by atoms with Crippen LogP contribution in [0, 0.1) is 23.2 Å². The molecule has 0 aromatic carbocycles. The first kappa shape index (κ1) is 16.9. The highest BCUT2D eigenvalue weighted by Gasteiger charge is 2.43. The van der Waals surface area contributed by atoms with Gasteiger partial charge < -0.3 is 11.1 Å². The van der Waals surface area contributed by atoms with Crippen LogP contribution in [0.3, 0.4) is 0 Å². The summed E-state index contributed by atoms with van der Waals surface area (Å²) in [6.07, 6.45) is 6.62.